The van der Waals surface area contributed by atoms with Gasteiger partial charge in [-0.3, -0.25) is 14.6 Å². The van der Waals surface area contributed by atoms with Crippen LogP contribution in [0.4, 0.5) is 5.13 Å². The molecule has 0 N–H and O–H groups in total. The van der Waals surface area contributed by atoms with E-state index in [1.807, 2.05) is 11.1 Å². The van der Waals surface area contributed by atoms with Gasteiger partial charge in [-0.25, -0.2) is 4.98 Å². The number of carbonyl (C=O) groups is 1. The molecule has 3 fully saturated rings. The Bertz CT molecular complexity index is 683. The van der Waals surface area contributed by atoms with Crippen molar-refractivity contribution in [2.75, 3.05) is 37.6 Å². The van der Waals surface area contributed by atoms with Gasteiger partial charge < -0.3 is 4.90 Å². The van der Waals surface area contributed by atoms with E-state index in [-0.39, 0.29) is 11.9 Å². The maximum atomic E-state index is 13.0. The van der Waals surface area contributed by atoms with E-state index in [0.717, 1.165) is 24.8 Å². The summed E-state index contributed by atoms with van der Waals surface area (Å²) in [5.74, 6) is 1.40. The van der Waals surface area contributed by atoms with Crippen molar-refractivity contribution in [3.63, 3.8) is 0 Å². The van der Waals surface area contributed by atoms with Gasteiger partial charge in [-0.15, -0.1) is 11.3 Å². The Morgan fingerprint density at radius 1 is 1.24 bits per heavy atom. The molecule has 4 rings (SSSR count). The molecule has 1 aromatic rings. The van der Waals surface area contributed by atoms with Crippen LogP contribution in [0.5, 0.6) is 0 Å². The number of hydrogen-bond acceptors (Lipinski definition) is 6. The van der Waals surface area contributed by atoms with Gasteiger partial charge in [0.05, 0.1) is 6.54 Å². The van der Waals surface area contributed by atoms with E-state index in [9.17, 15) is 4.79 Å². The molecule has 0 radical (unpaired) electrons. The van der Waals surface area contributed by atoms with Crippen LogP contribution in [0.1, 0.15) is 43.4 Å². The van der Waals surface area contributed by atoms with Gasteiger partial charge in [-0.05, 0) is 18.3 Å². The predicted octanol–water partition coefficient (Wildman–Crippen LogP) is 2.25. The first-order valence-electron chi connectivity index (χ1n) is 9.33. The van der Waals surface area contributed by atoms with E-state index >= 15 is 0 Å². The topological polar surface area (TPSA) is 63.5 Å². The van der Waals surface area contributed by atoms with Crippen LogP contribution in [0, 0.1) is 17.4 Å². The molecule has 0 bridgehead atoms. The number of aromatic nitrogens is 1. The van der Waals surface area contributed by atoms with Crippen molar-refractivity contribution in [1.82, 2.24) is 14.8 Å². The molecule has 6 nitrogen and oxygen atoms in total. The van der Waals surface area contributed by atoms with Gasteiger partial charge >= 0.3 is 0 Å². The zero-order chi connectivity index (χ0) is 17.4. The van der Waals surface area contributed by atoms with Gasteiger partial charge in [0.1, 0.15) is 6.04 Å². The fraction of sp³-hybridized carbons (Fsp3) is 0.722. The Morgan fingerprint density at radius 2 is 2.04 bits per heavy atom. The lowest BCUT2D eigenvalue weighted by molar-refractivity contribution is -0.127. The summed E-state index contributed by atoms with van der Waals surface area (Å²) in [5.41, 5.74) is 0. The van der Waals surface area contributed by atoms with Crippen molar-refractivity contribution in [2.24, 2.45) is 5.92 Å². The highest BCUT2D eigenvalue weighted by Gasteiger charge is 2.40. The van der Waals surface area contributed by atoms with Gasteiger partial charge in [0.25, 0.3) is 0 Å². The third-order valence-electron chi connectivity index (χ3n) is 6.01. The third kappa shape index (κ3) is 3.13. The molecule has 1 saturated carbocycles. The summed E-state index contributed by atoms with van der Waals surface area (Å²) in [6.45, 7) is 5.93. The summed E-state index contributed by atoms with van der Waals surface area (Å²) < 4.78 is 0. The lowest BCUT2D eigenvalue weighted by Gasteiger charge is -2.44. The number of nitriles is 1. The van der Waals surface area contributed by atoms with E-state index < -0.39 is 0 Å². The highest BCUT2D eigenvalue weighted by atomic mass is 32.1. The smallest absolute Gasteiger partial charge is 0.248 e. The zero-order valence-corrected chi connectivity index (χ0v) is 15.5. The molecule has 1 aliphatic carbocycles. The van der Waals surface area contributed by atoms with Crippen LogP contribution in [0.15, 0.2) is 6.20 Å². The molecule has 1 aromatic heterocycles. The van der Waals surface area contributed by atoms with E-state index in [0.29, 0.717) is 24.9 Å². The minimum Gasteiger partial charge on any atom is -0.307 e. The summed E-state index contributed by atoms with van der Waals surface area (Å²) >= 11 is 1.70. The number of piperazine rings is 2. The standard InChI is InChI=1S/C18H25N5OS/c1-13-4-2-3-5-14(13)16-10-20-18(25-16)23-9-8-22-7-6-21(12-19)11-15(22)17(23)24/h10,13-15H,2-9,11H2,1H3/t13-,14-,15-/m1/s1. The summed E-state index contributed by atoms with van der Waals surface area (Å²) in [6.07, 6.45) is 9.35. The van der Waals surface area contributed by atoms with Crippen LogP contribution in [0.3, 0.4) is 0 Å². The van der Waals surface area contributed by atoms with Crippen LogP contribution in [-0.4, -0.2) is 59.5 Å². The lowest BCUT2D eigenvalue weighted by Crippen LogP contribution is -2.64. The fourth-order valence-electron chi connectivity index (χ4n) is 4.43. The first-order chi connectivity index (χ1) is 12.2. The maximum Gasteiger partial charge on any atom is 0.248 e. The van der Waals surface area contributed by atoms with E-state index in [4.69, 9.17) is 5.26 Å². The van der Waals surface area contributed by atoms with Crippen molar-refractivity contribution in [3.05, 3.63) is 11.1 Å². The first kappa shape index (κ1) is 16.8. The normalized spacial score (nSPS) is 30.9. The molecule has 2 saturated heterocycles. The van der Waals surface area contributed by atoms with E-state index in [2.05, 4.69) is 23.0 Å². The Balaban J connectivity index is 1.50. The molecule has 3 atom stereocenters. The maximum absolute atomic E-state index is 13.0. The minimum absolute atomic E-state index is 0.101. The second kappa shape index (κ2) is 6.93. The van der Waals surface area contributed by atoms with Crippen molar-refractivity contribution < 1.29 is 4.79 Å². The number of rotatable bonds is 2. The predicted molar refractivity (Wildman–Crippen MR) is 97.4 cm³/mol. The second-order valence-electron chi connectivity index (χ2n) is 7.50. The van der Waals surface area contributed by atoms with E-state index in [1.54, 1.807) is 16.2 Å². The molecule has 0 unspecified atom stereocenters. The SMILES string of the molecule is C[C@@H]1CCCC[C@H]1c1cnc(N2CCN3CCN(C#N)C[C@@H]3C2=O)s1. The van der Waals surface area contributed by atoms with Gasteiger partial charge in [0.2, 0.25) is 5.91 Å². The van der Waals surface area contributed by atoms with Crippen molar-refractivity contribution >= 4 is 22.4 Å². The van der Waals surface area contributed by atoms with Crippen molar-refractivity contribution in [3.8, 4) is 6.19 Å². The Hall–Kier alpha value is -1.65. The van der Waals surface area contributed by atoms with Gasteiger partial charge in [-0.1, -0.05) is 26.2 Å². The van der Waals surface area contributed by atoms with Gasteiger partial charge in [0.15, 0.2) is 11.3 Å². The van der Waals surface area contributed by atoms with Crippen molar-refractivity contribution in [1.29, 1.82) is 5.26 Å². The average Bonchev–Trinajstić information content (AvgIpc) is 3.12. The van der Waals surface area contributed by atoms with Crippen LogP contribution in [-0.2, 0) is 4.79 Å². The molecule has 7 heteroatoms. The molecule has 1 amide bonds. The van der Waals surface area contributed by atoms with Gasteiger partial charge in [0, 0.05) is 37.3 Å². The first-order valence-corrected chi connectivity index (χ1v) is 10.1. The number of fused-ring (bicyclic) bond motifs is 1. The monoisotopic (exact) mass is 359 g/mol. The molecule has 0 spiro atoms. The Morgan fingerprint density at radius 3 is 2.84 bits per heavy atom. The fourth-order valence-corrected chi connectivity index (χ4v) is 5.65. The highest BCUT2D eigenvalue weighted by Crippen LogP contribution is 2.41. The zero-order valence-electron chi connectivity index (χ0n) is 14.7. The van der Waals surface area contributed by atoms with Crippen LogP contribution in [0.2, 0.25) is 0 Å². The second-order valence-corrected chi connectivity index (χ2v) is 8.54. The quantitative estimate of drug-likeness (QED) is 0.758. The summed E-state index contributed by atoms with van der Waals surface area (Å²) in [4.78, 5) is 24.7. The Labute approximate surface area is 153 Å². The number of thiazole rings is 1. The number of carbonyl (C=O) groups excluding carboxylic acids is 1. The molecule has 0 aromatic carbocycles. The molecule has 134 valence electrons. The summed E-state index contributed by atoms with van der Waals surface area (Å²) in [7, 11) is 0. The summed E-state index contributed by atoms with van der Waals surface area (Å²) in [5, 5.41) is 9.98. The van der Waals surface area contributed by atoms with Crippen LogP contribution >= 0.6 is 11.3 Å². The van der Waals surface area contributed by atoms with Crippen LogP contribution in [0.25, 0.3) is 0 Å². The minimum atomic E-state index is -0.205. The van der Waals surface area contributed by atoms with E-state index in [1.165, 1.54) is 30.6 Å². The number of anilines is 1. The molecule has 2 aliphatic heterocycles. The van der Waals surface area contributed by atoms with Crippen molar-refractivity contribution in [2.45, 2.75) is 44.6 Å². The largest absolute Gasteiger partial charge is 0.307 e. The molecule has 3 aliphatic rings. The number of nitrogens with zero attached hydrogens (tertiary/aromatic N) is 5. The molecular formula is C18H25N5OS. The van der Waals surface area contributed by atoms with Gasteiger partial charge in [-0.2, -0.15) is 5.26 Å². The lowest BCUT2D eigenvalue weighted by atomic mass is 9.80. The molecule has 3 heterocycles. The average molecular weight is 359 g/mol. The molecule has 25 heavy (non-hydrogen) atoms. The number of amides is 1. The third-order valence-corrected chi connectivity index (χ3v) is 7.17. The highest BCUT2D eigenvalue weighted by molar-refractivity contribution is 7.15. The van der Waals surface area contributed by atoms with Crippen LogP contribution < -0.4 is 4.90 Å². The number of hydrogen-bond donors (Lipinski definition) is 0. The Kier molecular flexibility index (Phi) is 4.65. The molecular weight excluding hydrogens is 334 g/mol. The summed E-state index contributed by atoms with van der Waals surface area (Å²) in [6, 6.07) is -0.205.